The van der Waals surface area contributed by atoms with E-state index in [4.69, 9.17) is 4.74 Å². The van der Waals surface area contributed by atoms with Crippen LogP contribution in [0.25, 0.3) is 0 Å². The smallest absolute Gasteiger partial charge is 0.482 e. The van der Waals surface area contributed by atoms with Crippen LogP contribution in [0.5, 0.6) is 11.5 Å². The maximum atomic E-state index is 12.6. The monoisotopic (exact) mass is 572 g/mol. The van der Waals surface area contributed by atoms with Crippen molar-refractivity contribution in [2.24, 2.45) is 10.2 Å². The normalized spacial score (nSPS) is 15.8. The Kier molecular flexibility index (Phi) is 8.93. The third-order valence-corrected chi connectivity index (χ3v) is 6.59. The Morgan fingerprint density at radius 1 is 1.05 bits per heavy atom. The van der Waals surface area contributed by atoms with Crippen molar-refractivity contribution in [1.29, 1.82) is 0 Å². The second kappa shape index (κ2) is 12.4. The third-order valence-electron chi connectivity index (χ3n) is 5.68. The first kappa shape index (κ1) is 28.9. The van der Waals surface area contributed by atoms with Crippen molar-refractivity contribution < 1.29 is 27.4 Å². The molecule has 1 aliphatic heterocycles. The van der Waals surface area contributed by atoms with Crippen LogP contribution in [0.3, 0.4) is 0 Å². The first-order valence-electron chi connectivity index (χ1n) is 12.3. The summed E-state index contributed by atoms with van der Waals surface area (Å²) < 4.78 is 46.8. The Morgan fingerprint density at radius 2 is 1.73 bits per heavy atom. The van der Waals surface area contributed by atoms with E-state index in [9.17, 15) is 18.0 Å². The number of amidine groups is 1. The van der Waals surface area contributed by atoms with Crippen molar-refractivity contribution in [2.75, 3.05) is 22.6 Å². The fourth-order valence-corrected chi connectivity index (χ4v) is 4.62. The number of carbonyl (C=O) groups is 1. The third kappa shape index (κ3) is 7.29. The van der Waals surface area contributed by atoms with E-state index < -0.39 is 12.5 Å². The van der Waals surface area contributed by atoms with Crippen molar-refractivity contribution in [3.05, 3.63) is 66.5 Å². The minimum atomic E-state index is -4.75. The van der Waals surface area contributed by atoms with Gasteiger partial charge in [-0.2, -0.15) is 5.10 Å². The van der Waals surface area contributed by atoms with Gasteiger partial charge in [-0.1, -0.05) is 43.8 Å². The Bertz CT molecular complexity index is 1380. The second-order valence-corrected chi connectivity index (χ2v) is 9.96. The summed E-state index contributed by atoms with van der Waals surface area (Å²) in [6.07, 6.45) is -0.766. The quantitative estimate of drug-likeness (QED) is 0.224. The van der Waals surface area contributed by atoms with Gasteiger partial charge in [-0.25, -0.2) is 9.97 Å². The van der Waals surface area contributed by atoms with Gasteiger partial charge >= 0.3 is 6.36 Å². The summed E-state index contributed by atoms with van der Waals surface area (Å²) in [7, 11) is 1.68. The van der Waals surface area contributed by atoms with Crippen LogP contribution in [-0.4, -0.2) is 52.5 Å². The van der Waals surface area contributed by atoms with E-state index in [2.05, 4.69) is 38.8 Å². The molecule has 1 aromatic heterocycles. The molecule has 1 amide bonds. The number of nitrogens with zero attached hydrogens (tertiary/aromatic N) is 6. The number of benzene rings is 2. The van der Waals surface area contributed by atoms with Gasteiger partial charge in [-0.15, -0.1) is 18.3 Å². The van der Waals surface area contributed by atoms with Gasteiger partial charge in [0.15, 0.2) is 10.9 Å². The molecular formula is C27H27F3N6O3S. The van der Waals surface area contributed by atoms with E-state index in [0.717, 1.165) is 11.3 Å². The predicted molar refractivity (Wildman–Crippen MR) is 150 cm³/mol. The number of thioether (sulfide) groups is 1. The molecule has 0 saturated carbocycles. The number of anilines is 3. The average Bonchev–Trinajstić information content (AvgIpc) is 3.28. The number of aromatic nitrogens is 2. The Balaban J connectivity index is 1.37. The van der Waals surface area contributed by atoms with Crippen LogP contribution in [0.1, 0.15) is 32.3 Å². The minimum absolute atomic E-state index is 0.0517. The van der Waals surface area contributed by atoms with Gasteiger partial charge in [0, 0.05) is 12.7 Å². The number of hydrogen-bond acceptors (Lipinski definition) is 9. The maximum absolute atomic E-state index is 12.6. The van der Waals surface area contributed by atoms with E-state index >= 15 is 0 Å². The molecule has 0 spiro atoms. The number of para-hydroxylation sites is 1. The molecule has 0 bridgehead atoms. The summed E-state index contributed by atoms with van der Waals surface area (Å²) in [6.45, 7) is 5.92. The molecule has 0 N–H and O–H groups in total. The van der Waals surface area contributed by atoms with E-state index in [1.807, 2.05) is 24.3 Å². The van der Waals surface area contributed by atoms with Crippen LogP contribution < -0.4 is 19.3 Å². The highest BCUT2D eigenvalue weighted by Gasteiger charge is 2.32. The fraction of sp³-hybridized carbons (Fsp3) is 0.296. The Hall–Kier alpha value is -4.13. The highest BCUT2D eigenvalue weighted by Crippen LogP contribution is 2.33. The van der Waals surface area contributed by atoms with Gasteiger partial charge < -0.3 is 14.4 Å². The average molecular weight is 573 g/mol. The summed E-state index contributed by atoms with van der Waals surface area (Å²) in [5, 5.41) is 8.91. The summed E-state index contributed by atoms with van der Waals surface area (Å²) in [5.74, 6) is 0.853. The zero-order chi connectivity index (χ0) is 28.9. The lowest BCUT2D eigenvalue weighted by Gasteiger charge is -2.21. The zero-order valence-electron chi connectivity index (χ0n) is 22.2. The lowest BCUT2D eigenvalue weighted by atomic mass is 10.0. The molecule has 13 heteroatoms. The standard InChI is InChI=1S/C27H27F3N6O3S/c1-17(2)22-7-5-6-8-23(22)36-24(37)16-40-26(36)34-33-13-18(3)38-21-14-31-25(32-15-21)35(4)19-9-11-20(12-10-19)39-27(28,29)30/h5-15,17-18H,16H2,1-4H3/b33-13+,34-26-. The van der Waals surface area contributed by atoms with E-state index in [1.165, 1.54) is 54.6 Å². The van der Waals surface area contributed by atoms with Crippen LogP contribution in [0, 0.1) is 0 Å². The summed E-state index contributed by atoms with van der Waals surface area (Å²) in [5.41, 5.74) is 2.42. The number of amides is 1. The van der Waals surface area contributed by atoms with Gasteiger partial charge in [0.1, 0.15) is 11.9 Å². The molecule has 210 valence electrons. The highest BCUT2D eigenvalue weighted by molar-refractivity contribution is 8.15. The van der Waals surface area contributed by atoms with Gasteiger partial charge in [0.25, 0.3) is 0 Å². The summed E-state index contributed by atoms with van der Waals surface area (Å²) in [6, 6.07) is 13.1. The van der Waals surface area contributed by atoms with Crippen LogP contribution >= 0.6 is 11.8 Å². The van der Waals surface area contributed by atoms with Gasteiger partial charge in [-0.3, -0.25) is 9.69 Å². The summed E-state index contributed by atoms with van der Waals surface area (Å²) in [4.78, 5) is 24.3. The molecular weight excluding hydrogens is 545 g/mol. The molecule has 1 saturated heterocycles. The largest absolute Gasteiger partial charge is 0.573 e. The van der Waals surface area contributed by atoms with Gasteiger partial charge in [0.05, 0.1) is 30.0 Å². The molecule has 9 nitrogen and oxygen atoms in total. The van der Waals surface area contributed by atoms with Crippen molar-refractivity contribution in [3.63, 3.8) is 0 Å². The molecule has 40 heavy (non-hydrogen) atoms. The van der Waals surface area contributed by atoms with Crippen molar-refractivity contribution in [1.82, 2.24) is 9.97 Å². The molecule has 1 aliphatic rings. The van der Waals surface area contributed by atoms with Crippen molar-refractivity contribution in [3.8, 4) is 11.5 Å². The molecule has 2 aromatic carbocycles. The fourth-order valence-electron chi connectivity index (χ4n) is 3.80. The molecule has 1 fully saturated rings. The molecule has 1 atom stereocenters. The predicted octanol–water partition coefficient (Wildman–Crippen LogP) is 6.16. The minimum Gasteiger partial charge on any atom is -0.482 e. The lowest BCUT2D eigenvalue weighted by molar-refractivity contribution is -0.274. The Morgan fingerprint density at radius 3 is 2.38 bits per heavy atom. The molecule has 1 unspecified atom stereocenters. The number of halogens is 3. The van der Waals surface area contributed by atoms with Gasteiger partial charge in [0.2, 0.25) is 11.9 Å². The molecule has 0 radical (unpaired) electrons. The molecule has 2 heterocycles. The highest BCUT2D eigenvalue weighted by atomic mass is 32.2. The first-order valence-corrected chi connectivity index (χ1v) is 13.2. The van der Waals surface area contributed by atoms with E-state index in [1.54, 1.807) is 23.8 Å². The van der Waals surface area contributed by atoms with Crippen molar-refractivity contribution >= 4 is 46.4 Å². The van der Waals surface area contributed by atoms with Crippen LogP contribution in [0.15, 0.2) is 71.1 Å². The SMILES string of the molecule is CC(/C=N/N=C1\SCC(=O)N1c1ccccc1C(C)C)Oc1cnc(N(C)c2ccc(OC(F)(F)F)cc2)nc1. The number of hydrogen-bond donors (Lipinski definition) is 0. The van der Waals surface area contributed by atoms with Crippen molar-refractivity contribution in [2.45, 2.75) is 39.2 Å². The number of rotatable bonds is 9. The molecule has 0 aliphatic carbocycles. The number of alkyl halides is 3. The molecule has 3 aromatic rings. The maximum Gasteiger partial charge on any atom is 0.573 e. The number of carbonyl (C=O) groups excluding carboxylic acids is 1. The second-order valence-electron chi connectivity index (χ2n) is 9.02. The van der Waals surface area contributed by atoms with Crippen LogP contribution in [0.2, 0.25) is 0 Å². The van der Waals surface area contributed by atoms with Crippen LogP contribution in [-0.2, 0) is 4.79 Å². The lowest BCUT2D eigenvalue weighted by Crippen LogP contribution is -2.30. The first-order chi connectivity index (χ1) is 19.0. The zero-order valence-corrected chi connectivity index (χ0v) is 23.0. The topological polar surface area (TPSA) is 92.5 Å². The Labute approximate surface area is 233 Å². The number of ether oxygens (including phenoxy) is 2. The molecule has 4 rings (SSSR count). The van der Waals surface area contributed by atoms with Gasteiger partial charge in [-0.05, 0) is 48.7 Å². The summed E-state index contributed by atoms with van der Waals surface area (Å²) >= 11 is 1.33. The van der Waals surface area contributed by atoms with E-state index in [-0.39, 0.29) is 23.3 Å². The van der Waals surface area contributed by atoms with Crippen LogP contribution in [0.4, 0.5) is 30.5 Å². The van der Waals surface area contributed by atoms with E-state index in [0.29, 0.717) is 22.6 Å².